The second kappa shape index (κ2) is 13.1. The van der Waals surface area contributed by atoms with Gasteiger partial charge < -0.3 is 21.1 Å². The van der Waals surface area contributed by atoms with E-state index in [1.165, 1.54) is 0 Å². The second-order valence-electron chi connectivity index (χ2n) is 8.50. The highest BCUT2D eigenvalue weighted by atomic mass is 16.4. The number of nitrogens with zero attached hydrogens (tertiary/aromatic N) is 2. The van der Waals surface area contributed by atoms with Gasteiger partial charge in [0, 0.05) is 38.3 Å². The molecule has 9 nitrogen and oxygen atoms in total. The summed E-state index contributed by atoms with van der Waals surface area (Å²) in [6, 6.07) is 10.5. The number of carboxylic acid groups (broad SMARTS) is 1. The maximum Gasteiger partial charge on any atom is 0.309 e. The minimum Gasteiger partial charge on any atom is -0.481 e. The molecule has 0 bridgehead atoms. The van der Waals surface area contributed by atoms with Crippen molar-refractivity contribution in [2.24, 2.45) is 5.41 Å². The summed E-state index contributed by atoms with van der Waals surface area (Å²) in [5.74, 6) is -0.989. The van der Waals surface area contributed by atoms with Gasteiger partial charge in [-0.25, -0.2) is 9.97 Å². The SMILES string of the molecule is CC(C)(CCC(=O)N[C@H](Cc1ccccc1)C(=O)NCCCCNc1ncccn1)C(=O)O. The largest absolute Gasteiger partial charge is 0.481 e. The Labute approximate surface area is 194 Å². The van der Waals surface area contributed by atoms with E-state index in [0.717, 1.165) is 18.4 Å². The maximum absolute atomic E-state index is 12.8. The number of carboxylic acids is 1. The lowest BCUT2D eigenvalue weighted by Gasteiger charge is -2.21. The summed E-state index contributed by atoms with van der Waals surface area (Å²) >= 11 is 0. The molecular formula is C24H33N5O4. The molecule has 0 aliphatic rings. The number of unbranched alkanes of at least 4 members (excludes halogenated alkanes) is 1. The summed E-state index contributed by atoms with van der Waals surface area (Å²) < 4.78 is 0. The lowest BCUT2D eigenvalue weighted by Crippen LogP contribution is -2.48. The molecule has 0 aliphatic heterocycles. The van der Waals surface area contributed by atoms with E-state index in [0.29, 0.717) is 25.5 Å². The third-order valence-electron chi connectivity index (χ3n) is 5.24. The zero-order valence-corrected chi connectivity index (χ0v) is 19.2. The average molecular weight is 456 g/mol. The molecule has 1 aromatic heterocycles. The first-order chi connectivity index (χ1) is 15.8. The van der Waals surface area contributed by atoms with Crippen molar-refractivity contribution in [3.63, 3.8) is 0 Å². The summed E-state index contributed by atoms with van der Waals surface area (Å²) in [5.41, 5.74) is -0.0799. The van der Waals surface area contributed by atoms with Gasteiger partial charge in [-0.05, 0) is 44.7 Å². The maximum atomic E-state index is 12.8. The van der Waals surface area contributed by atoms with Crippen LogP contribution in [0.3, 0.4) is 0 Å². The molecule has 0 radical (unpaired) electrons. The predicted octanol–water partition coefficient (Wildman–Crippen LogP) is 2.40. The van der Waals surface area contributed by atoms with E-state index in [-0.39, 0.29) is 24.7 Å². The molecule has 9 heteroatoms. The van der Waals surface area contributed by atoms with Gasteiger partial charge in [-0.15, -0.1) is 0 Å². The summed E-state index contributed by atoms with van der Waals surface area (Å²) in [7, 11) is 0. The number of aliphatic carboxylic acids is 1. The molecule has 0 spiro atoms. The highest BCUT2D eigenvalue weighted by molar-refractivity contribution is 5.88. The highest BCUT2D eigenvalue weighted by Crippen LogP contribution is 2.22. The molecule has 0 saturated carbocycles. The van der Waals surface area contributed by atoms with Crippen LogP contribution in [0.2, 0.25) is 0 Å². The average Bonchev–Trinajstić information content (AvgIpc) is 2.80. The van der Waals surface area contributed by atoms with Gasteiger partial charge in [0.05, 0.1) is 5.41 Å². The molecule has 1 heterocycles. The predicted molar refractivity (Wildman–Crippen MR) is 125 cm³/mol. The van der Waals surface area contributed by atoms with Crippen LogP contribution in [0, 0.1) is 5.41 Å². The van der Waals surface area contributed by atoms with E-state index >= 15 is 0 Å². The number of anilines is 1. The molecule has 1 atom stereocenters. The molecule has 33 heavy (non-hydrogen) atoms. The monoisotopic (exact) mass is 455 g/mol. The van der Waals surface area contributed by atoms with Crippen LogP contribution in [0.4, 0.5) is 5.95 Å². The lowest BCUT2D eigenvalue weighted by molar-refractivity contribution is -0.147. The Morgan fingerprint density at radius 3 is 2.33 bits per heavy atom. The van der Waals surface area contributed by atoms with Gasteiger partial charge >= 0.3 is 5.97 Å². The van der Waals surface area contributed by atoms with Crippen LogP contribution in [-0.4, -0.2) is 52.0 Å². The summed E-state index contributed by atoms with van der Waals surface area (Å²) in [6.07, 6.45) is 5.48. The number of hydrogen-bond donors (Lipinski definition) is 4. The van der Waals surface area contributed by atoms with Crippen LogP contribution in [-0.2, 0) is 20.8 Å². The van der Waals surface area contributed by atoms with Gasteiger partial charge in [0.2, 0.25) is 17.8 Å². The van der Waals surface area contributed by atoms with E-state index in [4.69, 9.17) is 0 Å². The Morgan fingerprint density at radius 1 is 1.00 bits per heavy atom. The number of hydrogen-bond acceptors (Lipinski definition) is 6. The van der Waals surface area contributed by atoms with Crippen molar-refractivity contribution in [3.8, 4) is 0 Å². The minimum atomic E-state index is -1.01. The number of aromatic nitrogens is 2. The normalized spacial score (nSPS) is 11.9. The zero-order valence-electron chi connectivity index (χ0n) is 19.2. The number of benzene rings is 1. The van der Waals surface area contributed by atoms with Crippen LogP contribution >= 0.6 is 0 Å². The Balaban J connectivity index is 1.82. The Morgan fingerprint density at radius 2 is 1.67 bits per heavy atom. The first-order valence-corrected chi connectivity index (χ1v) is 11.1. The number of amides is 2. The third kappa shape index (κ3) is 9.67. The number of nitrogens with one attached hydrogen (secondary N) is 3. The van der Waals surface area contributed by atoms with Crippen LogP contribution in [0.1, 0.15) is 45.1 Å². The minimum absolute atomic E-state index is 0.0328. The number of carbonyl (C=O) groups is 3. The fraction of sp³-hybridized carbons (Fsp3) is 0.458. The van der Waals surface area contributed by atoms with E-state index in [2.05, 4.69) is 25.9 Å². The first kappa shape index (κ1) is 25.8. The van der Waals surface area contributed by atoms with E-state index in [9.17, 15) is 19.5 Å². The third-order valence-corrected chi connectivity index (χ3v) is 5.24. The van der Waals surface area contributed by atoms with Crippen molar-refractivity contribution in [2.45, 2.75) is 52.0 Å². The molecule has 0 aliphatic carbocycles. The van der Waals surface area contributed by atoms with Gasteiger partial charge in [0.25, 0.3) is 0 Å². The van der Waals surface area contributed by atoms with Gasteiger partial charge in [-0.2, -0.15) is 0 Å². The molecule has 2 rings (SSSR count). The topological polar surface area (TPSA) is 133 Å². The van der Waals surface area contributed by atoms with Gasteiger partial charge in [-0.3, -0.25) is 14.4 Å². The van der Waals surface area contributed by atoms with Crippen molar-refractivity contribution in [1.82, 2.24) is 20.6 Å². The smallest absolute Gasteiger partial charge is 0.309 e. The Hall–Kier alpha value is -3.49. The Bertz CT molecular complexity index is 890. The molecule has 1 aromatic carbocycles. The molecular weight excluding hydrogens is 422 g/mol. The molecule has 4 N–H and O–H groups in total. The van der Waals surface area contributed by atoms with Crippen molar-refractivity contribution in [3.05, 3.63) is 54.4 Å². The number of carbonyl (C=O) groups excluding carboxylic acids is 2. The first-order valence-electron chi connectivity index (χ1n) is 11.1. The van der Waals surface area contributed by atoms with Crippen LogP contribution in [0.25, 0.3) is 0 Å². The van der Waals surface area contributed by atoms with Crippen molar-refractivity contribution < 1.29 is 19.5 Å². The zero-order chi connectivity index (χ0) is 24.1. The van der Waals surface area contributed by atoms with Crippen LogP contribution in [0.15, 0.2) is 48.8 Å². The second-order valence-corrected chi connectivity index (χ2v) is 8.50. The lowest BCUT2D eigenvalue weighted by atomic mass is 9.88. The van der Waals surface area contributed by atoms with Gasteiger partial charge in [0.1, 0.15) is 6.04 Å². The van der Waals surface area contributed by atoms with E-state index in [1.54, 1.807) is 32.3 Å². The van der Waals surface area contributed by atoms with Crippen molar-refractivity contribution >= 4 is 23.7 Å². The molecule has 0 saturated heterocycles. The summed E-state index contributed by atoms with van der Waals surface area (Å²) in [4.78, 5) is 44.7. The summed E-state index contributed by atoms with van der Waals surface area (Å²) in [5, 5.41) is 18.0. The summed E-state index contributed by atoms with van der Waals surface area (Å²) in [6.45, 7) is 4.32. The standard InChI is InChI=1S/C24H33N5O4/c1-24(2,22(32)33)12-11-20(30)29-19(17-18-9-4-3-5-10-18)21(31)25-13-6-7-14-26-23-27-15-8-16-28-23/h3-5,8-10,15-16,19H,6-7,11-14,17H2,1-2H3,(H,25,31)(H,29,30)(H,32,33)(H,26,27,28)/t19-/m1/s1. The van der Waals surface area contributed by atoms with Gasteiger partial charge in [-0.1, -0.05) is 30.3 Å². The number of rotatable bonds is 14. The molecule has 0 unspecified atom stereocenters. The fourth-order valence-electron chi connectivity index (χ4n) is 3.03. The Kier molecular flexibility index (Phi) is 10.3. The molecule has 178 valence electrons. The molecule has 2 aromatic rings. The van der Waals surface area contributed by atoms with E-state index in [1.807, 2.05) is 30.3 Å². The van der Waals surface area contributed by atoms with Crippen molar-refractivity contribution in [1.29, 1.82) is 0 Å². The van der Waals surface area contributed by atoms with E-state index < -0.39 is 17.4 Å². The van der Waals surface area contributed by atoms with Gasteiger partial charge in [0.15, 0.2) is 0 Å². The highest BCUT2D eigenvalue weighted by Gasteiger charge is 2.28. The van der Waals surface area contributed by atoms with Crippen molar-refractivity contribution in [2.75, 3.05) is 18.4 Å². The van der Waals surface area contributed by atoms with Crippen LogP contribution in [0.5, 0.6) is 0 Å². The molecule has 2 amide bonds. The van der Waals surface area contributed by atoms with Crippen LogP contribution < -0.4 is 16.0 Å². The fourth-order valence-corrected chi connectivity index (χ4v) is 3.03. The molecule has 0 fully saturated rings. The quantitative estimate of drug-likeness (QED) is 0.321.